The lowest BCUT2D eigenvalue weighted by atomic mass is 10.2. The Morgan fingerprint density at radius 1 is 1.29 bits per heavy atom. The van der Waals surface area contributed by atoms with Gasteiger partial charge in [-0.15, -0.1) is 0 Å². The monoisotopic (exact) mass is 285 g/mol. The number of carbonyl (C=O) groups excluding carboxylic acids is 1. The molecular weight excluding hydrogens is 266 g/mol. The zero-order valence-corrected chi connectivity index (χ0v) is 12.4. The summed E-state index contributed by atoms with van der Waals surface area (Å²) in [6, 6.07) is 8.06. The van der Waals surface area contributed by atoms with Crippen LogP contribution in [0.1, 0.15) is 24.7 Å². The molecule has 110 valence electrons. The topological polar surface area (TPSA) is 49.6 Å². The molecule has 5 heteroatoms. The lowest BCUT2D eigenvalue weighted by Crippen LogP contribution is -2.28. The average molecular weight is 285 g/mol. The van der Waals surface area contributed by atoms with E-state index in [1.54, 1.807) is 13.1 Å². The molecule has 1 aliphatic rings. The SMILES string of the molecule is CC(=O)N1CCCN(Cc2cnoc2C)c2ccccc21. The van der Waals surface area contributed by atoms with Crippen molar-refractivity contribution in [1.29, 1.82) is 0 Å². The lowest BCUT2D eigenvalue weighted by molar-refractivity contribution is -0.116. The van der Waals surface area contributed by atoms with Crippen molar-refractivity contribution in [3.05, 3.63) is 41.8 Å². The van der Waals surface area contributed by atoms with Crippen molar-refractivity contribution in [2.24, 2.45) is 0 Å². The van der Waals surface area contributed by atoms with Crippen molar-refractivity contribution in [3.8, 4) is 0 Å². The number of amides is 1. The third-order valence-corrected chi connectivity index (χ3v) is 3.91. The molecule has 0 radical (unpaired) electrons. The molecule has 5 nitrogen and oxygen atoms in total. The van der Waals surface area contributed by atoms with Crippen LogP contribution < -0.4 is 9.80 Å². The summed E-state index contributed by atoms with van der Waals surface area (Å²) in [5.74, 6) is 0.936. The van der Waals surface area contributed by atoms with Crippen molar-refractivity contribution < 1.29 is 9.32 Å². The first kappa shape index (κ1) is 13.7. The molecule has 0 fully saturated rings. The van der Waals surface area contributed by atoms with Crippen molar-refractivity contribution in [2.75, 3.05) is 22.9 Å². The van der Waals surface area contributed by atoms with Crippen LogP contribution in [0.25, 0.3) is 0 Å². The number of aryl methyl sites for hydroxylation is 1. The van der Waals surface area contributed by atoms with E-state index in [0.717, 1.165) is 48.8 Å². The minimum absolute atomic E-state index is 0.0884. The zero-order valence-electron chi connectivity index (χ0n) is 12.4. The van der Waals surface area contributed by atoms with Gasteiger partial charge in [-0.25, -0.2) is 0 Å². The van der Waals surface area contributed by atoms with Gasteiger partial charge in [0.1, 0.15) is 5.76 Å². The number of hydrogen-bond acceptors (Lipinski definition) is 4. The smallest absolute Gasteiger partial charge is 0.223 e. The van der Waals surface area contributed by atoms with Gasteiger partial charge in [-0.1, -0.05) is 17.3 Å². The fourth-order valence-electron chi connectivity index (χ4n) is 2.79. The predicted molar refractivity (Wildman–Crippen MR) is 81.4 cm³/mol. The molecule has 0 unspecified atom stereocenters. The van der Waals surface area contributed by atoms with Gasteiger partial charge in [-0.05, 0) is 25.5 Å². The van der Waals surface area contributed by atoms with Gasteiger partial charge in [-0.3, -0.25) is 4.79 Å². The number of aromatic nitrogens is 1. The molecule has 1 aliphatic heterocycles. The Hall–Kier alpha value is -2.30. The molecule has 3 rings (SSSR count). The molecule has 1 aromatic carbocycles. The largest absolute Gasteiger partial charge is 0.365 e. The summed E-state index contributed by atoms with van der Waals surface area (Å²) in [5.41, 5.74) is 3.16. The number of fused-ring (bicyclic) bond motifs is 1. The Kier molecular flexibility index (Phi) is 3.64. The Labute approximate surface area is 124 Å². The minimum Gasteiger partial charge on any atom is -0.365 e. The van der Waals surface area contributed by atoms with E-state index in [1.165, 1.54) is 0 Å². The summed E-state index contributed by atoms with van der Waals surface area (Å²) in [7, 11) is 0. The number of carbonyl (C=O) groups is 1. The van der Waals surface area contributed by atoms with E-state index in [4.69, 9.17) is 4.52 Å². The first-order valence-corrected chi connectivity index (χ1v) is 7.19. The van der Waals surface area contributed by atoms with Crippen LogP contribution >= 0.6 is 0 Å². The summed E-state index contributed by atoms with van der Waals surface area (Å²) in [5, 5.41) is 3.84. The molecule has 21 heavy (non-hydrogen) atoms. The van der Waals surface area contributed by atoms with Gasteiger partial charge < -0.3 is 14.3 Å². The van der Waals surface area contributed by atoms with Crippen LogP contribution in [-0.2, 0) is 11.3 Å². The molecule has 0 saturated carbocycles. The second kappa shape index (κ2) is 5.60. The highest BCUT2D eigenvalue weighted by Gasteiger charge is 2.23. The maximum atomic E-state index is 11.9. The quantitative estimate of drug-likeness (QED) is 0.851. The minimum atomic E-state index is 0.0884. The van der Waals surface area contributed by atoms with Crippen LogP contribution in [0.5, 0.6) is 0 Å². The highest BCUT2D eigenvalue weighted by atomic mass is 16.5. The number of nitrogens with zero attached hydrogens (tertiary/aromatic N) is 3. The van der Waals surface area contributed by atoms with E-state index < -0.39 is 0 Å². The summed E-state index contributed by atoms with van der Waals surface area (Å²) >= 11 is 0. The fraction of sp³-hybridized carbons (Fsp3) is 0.375. The molecule has 0 atom stereocenters. The van der Waals surface area contributed by atoms with Gasteiger partial charge >= 0.3 is 0 Å². The molecule has 1 amide bonds. The summed E-state index contributed by atoms with van der Waals surface area (Å²) in [6.45, 7) is 5.96. The normalized spacial score (nSPS) is 14.8. The highest BCUT2D eigenvalue weighted by Crippen LogP contribution is 2.33. The van der Waals surface area contributed by atoms with Crippen molar-refractivity contribution in [1.82, 2.24) is 5.16 Å². The summed E-state index contributed by atoms with van der Waals surface area (Å²) in [6.07, 6.45) is 2.71. The van der Waals surface area contributed by atoms with E-state index in [9.17, 15) is 4.79 Å². The van der Waals surface area contributed by atoms with E-state index >= 15 is 0 Å². The molecule has 0 spiro atoms. The third kappa shape index (κ3) is 2.63. The van der Waals surface area contributed by atoms with E-state index in [2.05, 4.69) is 16.1 Å². The zero-order chi connectivity index (χ0) is 14.8. The second-order valence-corrected chi connectivity index (χ2v) is 5.34. The predicted octanol–water partition coefficient (Wildman–Crippen LogP) is 2.75. The number of para-hydroxylation sites is 2. The molecule has 0 saturated heterocycles. The Bertz CT molecular complexity index is 650. The molecule has 2 aromatic rings. The fourth-order valence-corrected chi connectivity index (χ4v) is 2.79. The number of benzene rings is 1. The van der Waals surface area contributed by atoms with Crippen LogP contribution in [-0.4, -0.2) is 24.2 Å². The molecule has 2 heterocycles. The Morgan fingerprint density at radius 3 is 2.71 bits per heavy atom. The third-order valence-electron chi connectivity index (χ3n) is 3.91. The van der Waals surface area contributed by atoms with E-state index in [-0.39, 0.29) is 5.91 Å². The van der Waals surface area contributed by atoms with Gasteiger partial charge in [0.15, 0.2) is 0 Å². The van der Waals surface area contributed by atoms with Gasteiger partial charge in [0.25, 0.3) is 0 Å². The van der Waals surface area contributed by atoms with Gasteiger partial charge in [0, 0.05) is 32.1 Å². The van der Waals surface area contributed by atoms with Gasteiger partial charge in [0.2, 0.25) is 5.91 Å². The summed E-state index contributed by atoms with van der Waals surface area (Å²) < 4.78 is 5.14. The second-order valence-electron chi connectivity index (χ2n) is 5.34. The first-order valence-electron chi connectivity index (χ1n) is 7.19. The van der Waals surface area contributed by atoms with E-state index in [1.807, 2.05) is 30.0 Å². The maximum Gasteiger partial charge on any atom is 0.223 e. The van der Waals surface area contributed by atoms with Crippen LogP contribution in [0.4, 0.5) is 11.4 Å². The van der Waals surface area contributed by atoms with Crippen LogP contribution in [0, 0.1) is 6.92 Å². The highest BCUT2D eigenvalue weighted by molar-refractivity contribution is 5.95. The van der Waals surface area contributed by atoms with Crippen LogP contribution in [0.2, 0.25) is 0 Å². The molecule has 1 aromatic heterocycles. The number of rotatable bonds is 2. The Balaban J connectivity index is 1.96. The van der Waals surface area contributed by atoms with Gasteiger partial charge in [0.05, 0.1) is 17.6 Å². The van der Waals surface area contributed by atoms with Crippen molar-refractivity contribution in [3.63, 3.8) is 0 Å². The molecule has 0 bridgehead atoms. The van der Waals surface area contributed by atoms with Gasteiger partial charge in [-0.2, -0.15) is 0 Å². The number of anilines is 2. The molecule has 0 aliphatic carbocycles. The standard InChI is InChI=1S/C16H19N3O2/c1-12-14(10-17-21-12)11-18-8-5-9-19(13(2)20)16-7-4-3-6-15(16)18/h3-4,6-7,10H,5,8-9,11H2,1-2H3. The maximum absolute atomic E-state index is 11.9. The lowest BCUT2D eigenvalue weighted by Gasteiger charge is -2.26. The van der Waals surface area contributed by atoms with Crippen LogP contribution in [0.3, 0.4) is 0 Å². The Morgan fingerprint density at radius 2 is 2.05 bits per heavy atom. The first-order chi connectivity index (χ1) is 10.2. The van der Waals surface area contributed by atoms with E-state index in [0.29, 0.717) is 0 Å². The van der Waals surface area contributed by atoms with Crippen molar-refractivity contribution in [2.45, 2.75) is 26.8 Å². The number of hydrogen-bond donors (Lipinski definition) is 0. The molecule has 0 N–H and O–H groups in total. The summed E-state index contributed by atoms with van der Waals surface area (Å²) in [4.78, 5) is 16.0. The average Bonchev–Trinajstić information content (AvgIpc) is 2.78. The molecular formula is C16H19N3O2. The van der Waals surface area contributed by atoms with Crippen LogP contribution in [0.15, 0.2) is 35.0 Å². The van der Waals surface area contributed by atoms with Crippen molar-refractivity contribution >= 4 is 17.3 Å².